The molecule has 0 radical (unpaired) electrons. The van der Waals surface area contributed by atoms with Crippen LogP contribution in [0.4, 0.5) is 0 Å². The largest absolute Gasteiger partial charge is 0.351 e. The Labute approximate surface area is 142 Å². The summed E-state index contributed by atoms with van der Waals surface area (Å²) in [5, 5.41) is 23.0. The summed E-state index contributed by atoms with van der Waals surface area (Å²) in [6.07, 6.45) is 3.98. The summed E-state index contributed by atoms with van der Waals surface area (Å²) in [6, 6.07) is -0.874. The highest BCUT2D eigenvalue weighted by molar-refractivity contribution is 5.85. The van der Waals surface area contributed by atoms with Gasteiger partial charge in [0.1, 0.15) is 0 Å². The maximum absolute atomic E-state index is 12.3. The van der Waals surface area contributed by atoms with Crippen molar-refractivity contribution in [3.8, 4) is 0 Å². The molecule has 2 aliphatic carbocycles. The third kappa shape index (κ3) is 3.30. The number of rotatable bonds is 3. The van der Waals surface area contributed by atoms with Crippen LogP contribution >= 0.6 is 0 Å². The average Bonchev–Trinajstić information content (AvgIpc) is 2.82. The zero-order chi connectivity index (χ0) is 17.4. The molecular formula is C17H28N4O3. The fraction of sp³-hybridized carbons (Fsp3) is 0.941. The Hall–Kier alpha value is -1.53. The molecule has 0 aromatic rings. The van der Waals surface area contributed by atoms with E-state index in [2.05, 4.69) is 36.3 Å². The van der Waals surface area contributed by atoms with Gasteiger partial charge in [0, 0.05) is 29.7 Å². The molecule has 7 nitrogen and oxygen atoms in total. The lowest BCUT2D eigenvalue weighted by molar-refractivity contribution is -0.527. The van der Waals surface area contributed by atoms with Crippen molar-refractivity contribution < 1.29 is 9.72 Å². The quantitative estimate of drug-likeness (QED) is 0.487. The number of carbonyl (C=O) groups is 1. The number of nitrogens with one attached hydrogen (secondary N) is 1. The van der Waals surface area contributed by atoms with E-state index < -0.39 is 12.1 Å². The molecule has 1 aliphatic heterocycles. The number of carbonyl (C=O) groups excluding carboxylic acids is 1. The molecule has 134 valence electrons. The number of hydrogen-bond donors (Lipinski definition) is 1. The summed E-state index contributed by atoms with van der Waals surface area (Å²) in [5.74, 6) is 1.54. The van der Waals surface area contributed by atoms with Crippen LogP contribution in [-0.2, 0) is 4.79 Å². The number of fused-ring (bicyclic) bond motifs is 1. The Kier molecular flexibility index (Phi) is 4.88. The van der Waals surface area contributed by atoms with Gasteiger partial charge in [-0.3, -0.25) is 14.9 Å². The van der Waals surface area contributed by atoms with Crippen molar-refractivity contribution >= 4 is 5.91 Å². The first-order valence-corrected chi connectivity index (χ1v) is 9.20. The first kappa shape index (κ1) is 17.3. The van der Waals surface area contributed by atoms with E-state index in [0.717, 1.165) is 19.3 Å². The molecule has 0 bridgehead atoms. The number of nitro groups is 1. The minimum absolute atomic E-state index is 0.0241. The Morgan fingerprint density at radius 2 is 1.83 bits per heavy atom. The predicted molar refractivity (Wildman–Crippen MR) is 89.2 cm³/mol. The van der Waals surface area contributed by atoms with Crippen LogP contribution in [-0.4, -0.2) is 35.0 Å². The first-order chi connectivity index (χ1) is 11.4. The minimum atomic E-state index is -0.523. The standard InChI is InChI=1S/C17H28N4O3/c1-9-6-11(3)15-13(7-9)16(17(22)18-15)20-19-14-8-12(21(23)24)5-4-10(14)2/h9-16H,4-8H2,1-3H3,(H,18,22). The Balaban J connectivity index is 1.70. The monoisotopic (exact) mass is 336 g/mol. The molecule has 0 aromatic heterocycles. The molecule has 2 saturated carbocycles. The maximum atomic E-state index is 12.3. The summed E-state index contributed by atoms with van der Waals surface area (Å²) >= 11 is 0. The van der Waals surface area contributed by atoms with E-state index in [4.69, 9.17) is 0 Å². The average molecular weight is 336 g/mol. The SMILES string of the molecule is CC1CC(C)C2NC(=O)C(N=NC3CC([N+](=O)[O-])CCC3C)C2C1. The van der Waals surface area contributed by atoms with E-state index in [1.54, 1.807) is 0 Å². The lowest BCUT2D eigenvalue weighted by Gasteiger charge is -2.35. The summed E-state index contributed by atoms with van der Waals surface area (Å²) in [6.45, 7) is 6.49. The van der Waals surface area contributed by atoms with Crippen LogP contribution < -0.4 is 5.32 Å². The highest BCUT2D eigenvalue weighted by atomic mass is 16.6. The highest BCUT2D eigenvalue weighted by Crippen LogP contribution is 2.40. The second-order valence-electron chi connectivity index (χ2n) is 8.22. The van der Waals surface area contributed by atoms with Gasteiger partial charge in [-0.25, -0.2) is 0 Å². The molecule has 3 rings (SSSR count). The van der Waals surface area contributed by atoms with Gasteiger partial charge in [-0.05, 0) is 37.0 Å². The Bertz CT molecular complexity index is 538. The van der Waals surface area contributed by atoms with Crippen molar-refractivity contribution in [1.29, 1.82) is 0 Å². The molecule has 3 aliphatic rings. The summed E-state index contributed by atoms with van der Waals surface area (Å²) in [7, 11) is 0. The Morgan fingerprint density at radius 1 is 1.08 bits per heavy atom. The third-order valence-corrected chi connectivity index (χ3v) is 6.27. The fourth-order valence-electron chi connectivity index (χ4n) is 4.85. The number of azo groups is 1. The second kappa shape index (κ2) is 6.76. The van der Waals surface area contributed by atoms with Crippen LogP contribution in [0.15, 0.2) is 10.2 Å². The Morgan fingerprint density at radius 3 is 2.54 bits per heavy atom. The van der Waals surface area contributed by atoms with Crippen molar-refractivity contribution in [3.05, 3.63) is 10.1 Å². The van der Waals surface area contributed by atoms with E-state index in [0.29, 0.717) is 24.7 Å². The lowest BCUT2D eigenvalue weighted by atomic mass is 9.72. The van der Waals surface area contributed by atoms with Crippen LogP contribution in [0.5, 0.6) is 0 Å². The molecule has 24 heavy (non-hydrogen) atoms. The van der Waals surface area contributed by atoms with Crippen molar-refractivity contribution in [2.75, 3.05) is 0 Å². The van der Waals surface area contributed by atoms with Crippen molar-refractivity contribution in [2.24, 2.45) is 33.9 Å². The molecule has 8 unspecified atom stereocenters. The van der Waals surface area contributed by atoms with Crippen molar-refractivity contribution in [3.63, 3.8) is 0 Å². The zero-order valence-electron chi connectivity index (χ0n) is 14.7. The number of nitrogens with zero attached hydrogens (tertiary/aromatic N) is 3. The molecule has 1 heterocycles. The molecule has 1 amide bonds. The van der Waals surface area contributed by atoms with Gasteiger partial charge in [0.05, 0.1) is 6.04 Å². The second-order valence-corrected chi connectivity index (χ2v) is 8.22. The molecule has 7 heteroatoms. The fourth-order valence-corrected chi connectivity index (χ4v) is 4.85. The summed E-state index contributed by atoms with van der Waals surface area (Å²) < 4.78 is 0. The third-order valence-electron chi connectivity index (χ3n) is 6.27. The van der Waals surface area contributed by atoms with Crippen LogP contribution in [0.2, 0.25) is 0 Å². The van der Waals surface area contributed by atoms with Gasteiger partial charge in [0.25, 0.3) is 0 Å². The van der Waals surface area contributed by atoms with Crippen LogP contribution in [0.25, 0.3) is 0 Å². The van der Waals surface area contributed by atoms with Crippen LogP contribution in [0, 0.1) is 33.8 Å². The van der Waals surface area contributed by atoms with Crippen molar-refractivity contribution in [2.45, 2.75) is 77.0 Å². The highest BCUT2D eigenvalue weighted by Gasteiger charge is 2.48. The van der Waals surface area contributed by atoms with E-state index in [1.807, 2.05) is 0 Å². The number of hydrogen-bond acceptors (Lipinski definition) is 5. The van der Waals surface area contributed by atoms with E-state index in [1.165, 1.54) is 0 Å². The summed E-state index contributed by atoms with van der Waals surface area (Å²) in [4.78, 5) is 23.2. The van der Waals surface area contributed by atoms with Gasteiger partial charge < -0.3 is 5.32 Å². The zero-order valence-corrected chi connectivity index (χ0v) is 14.7. The molecule has 1 N–H and O–H groups in total. The van der Waals surface area contributed by atoms with Crippen LogP contribution in [0.3, 0.4) is 0 Å². The van der Waals surface area contributed by atoms with E-state index in [-0.39, 0.29) is 34.7 Å². The minimum Gasteiger partial charge on any atom is -0.351 e. The number of amides is 1. The maximum Gasteiger partial charge on any atom is 0.247 e. The molecule has 8 atom stereocenters. The smallest absolute Gasteiger partial charge is 0.247 e. The van der Waals surface area contributed by atoms with Crippen LogP contribution in [0.1, 0.15) is 52.9 Å². The molecule has 0 spiro atoms. The van der Waals surface area contributed by atoms with E-state index >= 15 is 0 Å². The van der Waals surface area contributed by atoms with Gasteiger partial charge in [-0.2, -0.15) is 10.2 Å². The van der Waals surface area contributed by atoms with E-state index in [9.17, 15) is 14.9 Å². The predicted octanol–water partition coefficient (Wildman–Crippen LogP) is 2.82. The normalized spacial score (nSPS) is 45.9. The van der Waals surface area contributed by atoms with Gasteiger partial charge in [-0.1, -0.05) is 20.8 Å². The summed E-state index contributed by atoms with van der Waals surface area (Å²) in [5.41, 5.74) is 0. The molecule has 0 aromatic carbocycles. The molecular weight excluding hydrogens is 308 g/mol. The first-order valence-electron chi connectivity index (χ1n) is 9.20. The van der Waals surface area contributed by atoms with Gasteiger partial charge >= 0.3 is 0 Å². The molecule has 1 saturated heterocycles. The van der Waals surface area contributed by atoms with Gasteiger partial charge in [-0.15, -0.1) is 0 Å². The topological polar surface area (TPSA) is 97.0 Å². The van der Waals surface area contributed by atoms with Crippen molar-refractivity contribution in [1.82, 2.24) is 5.32 Å². The van der Waals surface area contributed by atoms with Gasteiger partial charge in [0.15, 0.2) is 6.04 Å². The molecule has 3 fully saturated rings. The van der Waals surface area contributed by atoms with Gasteiger partial charge in [0.2, 0.25) is 11.9 Å². The lowest BCUT2D eigenvalue weighted by Crippen LogP contribution is -2.40.